The van der Waals surface area contributed by atoms with Crippen molar-refractivity contribution in [2.24, 2.45) is 0 Å². The summed E-state index contributed by atoms with van der Waals surface area (Å²) >= 11 is 22.7. The summed E-state index contributed by atoms with van der Waals surface area (Å²) in [7, 11) is 0. The summed E-state index contributed by atoms with van der Waals surface area (Å²) in [6, 6.07) is 14.5. The van der Waals surface area contributed by atoms with Gasteiger partial charge in [-0.05, 0) is 42.3 Å². The number of hydrogen-bond acceptors (Lipinski definition) is 3. The van der Waals surface area contributed by atoms with Crippen LogP contribution >= 0.6 is 46.4 Å². The highest BCUT2D eigenvalue weighted by molar-refractivity contribution is 6.76. The molecule has 1 saturated heterocycles. The summed E-state index contributed by atoms with van der Waals surface area (Å²) in [5.74, 6) is -0.858. The van der Waals surface area contributed by atoms with Crippen LogP contribution in [0.5, 0.6) is 0 Å². The predicted molar refractivity (Wildman–Crippen MR) is 123 cm³/mol. The fourth-order valence-electron chi connectivity index (χ4n) is 3.23. The van der Waals surface area contributed by atoms with Gasteiger partial charge >= 0.3 is 0 Å². The van der Waals surface area contributed by atoms with Gasteiger partial charge in [0.05, 0.1) is 0 Å². The molecule has 2 aromatic carbocycles. The lowest BCUT2D eigenvalue weighted by Crippen LogP contribution is -2.49. The Morgan fingerprint density at radius 1 is 0.967 bits per heavy atom. The first-order valence-electron chi connectivity index (χ1n) is 9.47. The Hall–Kier alpha value is -1.50. The molecule has 1 aliphatic rings. The van der Waals surface area contributed by atoms with E-state index in [-0.39, 0.29) is 5.91 Å². The first-order chi connectivity index (χ1) is 14.2. The van der Waals surface area contributed by atoms with E-state index in [1.165, 1.54) is 5.56 Å². The molecule has 0 spiro atoms. The first-order valence-corrected chi connectivity index (χ1v) is 11.0. The molecule has 1 fully saturated rings. The Bertz CT molecular complexity index is 892. The van der Waals surface area contributed by atoms with Gasteiger partial charge in [0.1, 0.15) is 0 Å². The zero-order valence-electron chi connectivity index (χ0n) is 16.1. The Morgan fingerprint density at radius 3 is 2.27 bits per heavy atom. The van der Waals surface area contributed by atoms with E-state index in [0.29, 0.717) is 24.3 Å². The minimum atomic E-state index is -2.07. The quantitative estimate of drug-likeness (QED) is 0.623. The van der Waals surface area contributed by atoms with Crippen LogP contribution in [-0.4, -0.2) is 58.1 Å². The third-order valence-corrected chi connectivity index (χ3v) is 5.68. The number of carbonyl (C=O) groups excluding carboxylic acids is 2. The second-order valence-corrected chi connectivity index (χ2v) is 9.76. The molecule has 0 saturated carbocycles. The number of benzene rings is 2. The maximum absolute atomic E-state index is 12.9. The van der Waals surface area contributed by atoms with Crippen molar-refractivity contribution in [3.05, 3.63) is 64.7 Å². The van der Waals surface area contributed by atoms with E-state index in [0.717, 1.165) is 31.1 Å². The highest BCUT2D eigenvalue weighted by Gasteiger charge is 2.31. The van der Waals surface area contributed by atoms with Gasteiger partial charge in [-0.3, -0.25) is 14.5 Å². The van der Waals surface area contributed by atoms with Crippen LogP contribution in [0, 0.1) is 0 Å². The van der Waals surface area contributed by atoms with Gasteiger partial charge in [0.15, 0.2) is 0 Å². The molecule has 0 unspecified atom stereocenters. The lowest BCUT2D eigenvalue weighted by atomic mass is 10.1. The van der Waals surface area contributed by atoms with E-state index in [9.17, 15) is 9.59 Å². The molecule has 0 radical (unpaired) electrons. The van der Waals surface area contributed by atoms with E-state index in [1.54, 1.807) is 24.3 Å². The fourth-order valence-corrected chi connectivity index (χ4v) is 3.50. The average Bonchev–Trinajstić information content (AvgIpc) is 2.73. The van der Waals surface area contributed by atoms with Gasteiger partial charge in [-0.15, -0.1) is 0 Å². The van der Waals surface area contributed by atoms with E-state index < -0.39 is 9.70 Å². The molecule has 3 rings (SSSR count). The SMILES string of the molecule is O=C(c1cccc(NC(=O)C(Cl)(Cl)Cl)c1)N1CCN(CCc2ccc(Cl)cc2)CC1. The van der Waals surface area contributed by atoms with Crippen molar-refractivity contribution in [2.75, 3.05) is 38.0 Å². The molecule has 0 bridgehead atoms. The van der Waals surface area contributed by atoms with Gasteiger partial charge in [-0.1, -0.05) is 64.6 Å². The average molecular weight is 489 g/mol. The zero-order valence-corrected chi connectivity index (χ0v) is 19.1. The minimum absolute atomic E-state index is 0.0858. The molecular weight excluding hydrogens is 468 g/mol. The lowest BCUT2D eigenvalue weighted by Gasteiger charge is -2.34. The van der Waals surface area contributed by atoms with Gasteiger partial charge in [0, 0.05) is 49.0 Å². The van der Waals surface area contributed by atoms with E-state index >= 15 is 0 Å². The lowest BCUT2D eigenvalue weighted by molar-refractivity contribution is -0.115. The van der Waals surface area contributed by atoms with Crippen molar-refractivity contribution in [2.45, 2.75) is 10.2 Å². The summed E-state index contributed by atoms with van der Waals surface area (Å²) in [6.45, 7) is 3.84. The number of rotatable bonds is 5. The number of carbonyl (C=O) groups is 2. The summed E-state index contributed by atoms with van der Waals surface area (Å²) in [6.07, 6.45) is 0.941. The molecule has 0 atom stereocenters. The summed E-state index contributed by atoms with van der Waals surface area (Å²) in [5, 5.41) is 3.24. The highest BCUT2D eigenvalue weighted by Crippen LogP contribution is 2.28. The Morgan fingerprint density at radius 2 is 1.63 bits per heavy atom. The number of nitrogens with one attached hydrogen (secondary N) is 1. The summed E-state index contributed by atoms with van der Waals surface area (Å²) < 4.78 is -2.07. The van der Waals surface area contributed by atoms with Crippen LogP contribution in [0.1, 0.15) is 15.9 Å². The number of piperazine rings is 1. The van der Waals surface area contributed by atoms with Crippen LogP contribution in [0.25, 0.3) is 0 Å². The predicted octanol–water partition coefficient (Wildman–Crippen LogP) is 4.65. The molecule has 1 heterocycles. The van der Waals surface area contributed by atoms with Gasteiger partial charge in [-0.2, -0.15) is 0 Å². The molecule has 2 aromatic rings. The first kappa shape index (κ1) is 23.2. The van der Waals surface area contributed by atoms with Crippen molar-refractivity contribution in [3.63, 3.8) is 0 Å². The monoisotopic (exact) mass is 487 g/mol. The van der Waals surface area contributed by atoms with Crippen LogP contribution in [-0.2, 0) is 11.2 Å². The number of hydrogen-bond donors (Lipinski definition) is 1. The van der Waals surface area contributed by atoms with Crippen molar-refractivity contribution < 1.29 is 9.59 Å². The maximum atomic E-state index is 12.9. The van der Waals surface area contributed by atoms with Gasteiger partial charge in [0.2, 0.25) is 0 Å². The molecule has 1 N–H and O–H groups in total. The zero-order chi connectivity index (χ0) is 21.7. The number of nitrogens with zero attached hydrogens (tertiary/aromatic N) is 2. The third-order valence-electron chi connectivity index (χ3n) is 4.91. The van der Waals surface area contributed by atoms with Crippen LogP contribution < -0.4 is 5.32 Å². The number of halogens is 4. The molecule has 5 nitrogen and oxygen atoms in total. The van der Waals surface area contributed by atoms with Crippen molar-refractivity contribution in [1.82, 2.24) is 9.80 Å². The largest absolute Gasteiger partial charge is 0.336 e. The topological polar surface area (TPSA) is 52.7 Å². The van der Waals surface area contributed by atoms with E-state index in [4.69, 9.17) is 46.4 Å². The molecule has 0 aromatic heterocycles. The maximum Gasteiger partial charge on any atom is 0.276 e. The highest BCUT2D eigenvalue weighted by atomic mass is 35.6. The molecule has 1 aliphatic heterocycles. The van der Waals surface area contributed by atoms with E-state index in [2.05, 4.69) is 10.2 Å². The normalized spacial score (nSPS) is 15.1. The number of alkyl halides is 3. The molecule has 2 amide bonds. The molecule has 30 heavy (non-hydrogen) atoms. The van der Waals surface area contributed by atoms with E-state index in [1.807, 2.05) is 29.2 Å². The fraction of sp³-hybridized carbons (Fsp3) is 0.333. The van der Waals surface area contributed by atoms with Gasteiger partial charge in [0.25, 0.3) is 15.6 Å². The second-order valence-electron chi connectivity index (χ2n) is 7.04. The van der Waals surface area contributed by atoms with Gasteiger partial charge < -0.3 is 10.2 Å². The van der Waals surface area contributed by atoms with Crippen molar-refractivity contribution in [1.29, 1.82) is 0 Å². The standard InChI is InChI=1S/C21H21Cl4N3O2/c22-17-6-4-15(5-7-17)8-9-27-10-12-28(13-11-27)19(29)16-2-1-3-18(14-16)26-20(30)21(23,24)25/h1-7,14H,8-13H2,(H,26,30). The minimum Gasteiger partial charge on any atom is -0.336 e. The Balaban J connectivity index is 1.52. The Kier molecular flexibility index (Phi) is 7.88. The molecule has 0 aliphatic carbocycles. The van der Waals surface area contributed by atoms with Crippen molar-refractivity contribution in [3.8, 4) is 0 Å². The summed E-state index contributed by atoms with van der Waals surface area (Å²) in [5.41, 5.74) is 2.12. The smallest absolute Gasteiger partial charge is 0.276 e. The third kappa shape index (κ3) is 6.50. The molecule has 160 valence electrons. The Labute approximate surface area is 195 Å². The van der Waals surface area contributed by atoms with Crippen molar-refractivity contribution >= 4 is 63.9 Å². The van der Waals surface area contributed by atoms with Crippen LogP contribution in [0.3, 0.4) is 0 Å². The summed E-state index contributed by atoms with van der Waals surface area (Å²) in [4.78, 5) is 28.8. The molecular formula is C21H21Cl4N3O2. The van der Waals surface area contributed by atoms with Crippen LogP contribution in [0.2, 0.25) is 5.02 Å². The second kappa shape index (κ2) is 10.2. The van der Waals surface area contributed by atoms with Crippen LogP contribution in [0.4, 0.5) is 5.69 Å². The number of anilines is 1. The molecule has 9 heteroatoms. The van der Waals surface area contributed by atoms with Gasteiger partial charge in [-0.25, -0.2) is 0 Å². The number of amides is 2. The van der Waals surface area contributed by atoms with Crippen LogP contribution in [0.15, 0.2) is 48.5 Å².